The van der Waals surface area contributed by atoms with E-state index in [1.807, 2.05) is 13.8 Å². The van der Waals surface area contributed by atoms with E-state index < -0.39 is 12.0 Å². The number of phenolic OH excluding ortho intramolecular Hbond substituents is 2. The number of rotatable bonds is 7. The van der Waals surface area contributed by atoms with E-state index >= 15 is 0 Å². The Bertz CT molecular complexity index is 499. The molecule has 0 saturated carbocycles. The molecule has 0 aliphatic heterocycles. The van der Waals surface area contributed by atoms with Crippen LogP contribution in [-0.4, -0.2) is 27.8 Å². The van der Waals surface area contributed by atoms with Gasteiger partial charge in [0.1, 0.15) is 0 Å². The number of carbonyl (C=O) groups is 1. The fraction of sp³-hybridized carbons (Fsp3) is 0.438. The number of carbonyl (C=O) groups excluding carboxylic acids is 1. The van der Waals surface area contributed by atoms with Gasteiger partial charge in [0.25, 0.3) is 5.91 Å². The number of amides is 1. The number of aliphatic hydroxyl groups is 1. The minimum absolute atomic E-state index is 0.231. The van der Waals surface area contributed by atoms with Crippen molar-refractivity contribution in [1.29, 1.82) is 0 Å². The Morgan fingerprint density at radius 3 is 2.57 bits per heavy atom. The first kappa shape index (κ1) is 17.0. The summed E-state index contributed by atoms with van der Waals surface area (Å²) in [5.41, 5.74) is 0.236. The molecule has 0 aromatic heterocycles. The summed E-state index contributed by atoms with van der Waals surface area (Å²) in [6.45, 7) is 4.53. The zero-order chi connectivity index (χ0) is 15.8. The summed E-state index contributed by atoms with van der Waals surface area (Å²) in [5, 5.41) is 31.2. The van der Waals surface area contributed by atoms with Gasteiger partial charge in [-0.1, -0.05) is 32.1 Å². The SMILES string of the molecule is CC/C=C/C(CC)CNC(=O)C(O)c1ccc(O)c(O)c1. The number of nitrogens with one attached hydrogen (secondary N) is 1. The quantitative estimate of drug-likeness (QED) is 0.458. The lowest BCUT2D eigenvalue weighted by atomic mass is 10.0. The van der Waals surface area contributed by atoms with Gasteiger partial charge in [0.05, 0.1) is 0 Å². The Balaban J connectivity index is 2.61. The van der Waals surface area contributed by atoms with Crippen molar-refractivity contribution in [3.8, 4) is 11.5 Å². The Kier molecular flexibility index (Phi) is 6.75. The lowest BCUT2D eigenvalue weighted by molar-refractivity contribution is -0.129. The largest absolute Gasteiger partial charge is 0.504 e. The van der Waals surface area contributed by atoms with Gasteiger partial charge in [-0.15, -0.1) is 0 Å². The summed E-state index contributed by atoms with van der Waals surface area (Å²) >= 11 is 0. The van der Waals surface area contributed by atoms with Crippen LogP contribution in [0.4, 0.5) is 0 Å². The monoisotopic (exact) mass is 293 g/mol. The first-order chi connectivity index (χ1) is 9.99. The molecule has 5 nitrogen and oxygen atoms in total. The molecule has 0 saturated heterocycles. The molecule has 0 radical (unpaired) electrons. The average Bonchev–Trinajstić information content (AvgIpc) is 2.49. The van der Waals surface area contributed by atoms with Crippen LogP contribution in [0.25, 0.3) is 0 Å². The number of aromatic hydroxyl groups is 2. The zero-order valence-corrected chi connectivity index (χ0v) is 12.4. The van der Waals surface area contributed by atoms with Gasteiger partial charge in [-0.2, -0.15) is 0 Å². The van der Waals surface area contributed by atoms with Crippen LogP contribution in [0.5, 0.6) is 11.5 Å². The highest BCUT2D eigenvalue weighted by Crippen LogP contribution is 2.27. The average molecular weight is 293 g/mol. The maximum absolute atomic E-state index is 11.9. The van der Waals surface area contributed by atoms with Crippen LogP contribution < -0.4 is 5.32 Å². The fourth-order valence-corrected chi connectivity index (χ4v) is 1.87. The van der Waals surface area contributed by atoms with E-state index in [1.165, 1.54) is 18.2 Å². The lowest BCUT2D eigenvalue weighted by Crippen LogP contribution is -2.32. The van der Waals surface area contributed by atoms with E-state index in [0.29, 0.717) is 6.54 Å². The Hall–Kier alpha value is -2.01. The van der Waals surface area contributed by atoms with Crippen LogP contribution in [0.1, 0.15) is 38.4 Å². The topological polar surface area (TPSA) is 89.8 Å². The summed E-state index contributed by atoms with van der Waals surface area (Å²) in [6.07, 6.45) is 4.57. The fourth-order valence-electron chi connectivity index (χ4n) is 1.87. The molecule has 2 atom stereocenters. The van der Waals surface area contributed by atoms with E-state index in [-0.39, 0.29) is 23.0 Å². The van der Waals surface area contributed by atoms with Crippen LogP contribution in [0, 0.1) is 5.92 Å². The van der Waals surface area contributed by atoms with Crippen molar-refractivity contribution in [3.63, 3.8) is 0 Å². The maximum Gasteiger partial charge on any atom is 0.253 e. The Morgan fingerprint density at radius 2 is 2.00 bits per heavy atom. The van der Waals surface area contributed by atoms with Gasteiger partial charge in [0.2, 0.25) is 0 Å². The number of aliphatic hydroxyl groups excluding tert-OH is 1. The van der Waals surface area contributed by atoms with Crippen molar-refractivity contribution in [2.75, 3.05) is 6.54 Å². The molecular weight excluding hydrogens is 270 g/mol. The molecule has 21 heavy (non-hydrogen) atoms. The van der Waals surface area contributed by atoms with Crippen LogP contribution in [0.2, 0.25) is 0 Å². The molecule has 0 aliphatic carbocycles. The smallest absolute Gasteiger partial charge is 0.253 e. The van der Waals surface area contributed by atoms with Gasteiger partial charge in [-0.25, -0.2) is 0 Å². The molecule has 1 rings (SSSR count). The summed E-state index contributed by atoms with van der Waals surface area (Å²) in [5.74, 6) is -0.948. The molecule has 1 aromatic carbocycles. The van der Waals surface area contributed by atoms with E-state index in [4.69, 9.17) is 0 Å². The van der Waals surface area contributed by atoms with Crippen LogP contribution in [0.15, 0.2) is 30.4 Å². The minimum atomic E-state index is -1.37. The first-order valence-corrected chi connectivity index (χ1v) is 7.13. The van der Waals surface area contributed by atoms with Gasteiger partial charge in [0.15, 0.2) is 17.6 Å². The molecule has 1 amide bonds. The predicted octanol–water partition coefficient (Wildman–Crippen LogP) is 2.24. The first-order valence-electron chi connectivity index (χ1n) is 7.13. The molecule has 2 unspecified atom stereocenters. The summed E-state index contributed by atoms with van der Waals surface area (Å²) in [4.78, 5) is 11.9. The predicted molar refractivity (Wildman–Crippen MR) is 81.0 cm³/mol. The van der Waals surface area contributed by atoms with E-state index in [0.717, 1.165) is 12.8 Å². The number of hydrogen-bond donors (Lipinski definition) is 4. The number of benzene rings is 1. The highest BCUT2D eigenvalue weighted by Gasteiger charge is 2.19. The second-order valence-electron chi connectivity index (χ2n) is 4.90. The minimum Gasteiger partial charge on any atom is -0.504 e. The van der Waals surface area contributed by atoms with Crippen LogP contribution in [0.3, 0.4) is 0 Å². The van der Waals surface area contributed by atoms with Crippen molar-refractivity contribution in [3.05, 3.63) is 35.9 Å². The van der Waals surface area contributed by atoms with Crippen LogP contribution in [-0.2, 0) is 4.79 Å². The molecule has 5 heteroatoms. The molecular formula is C16H23NO4. The molecule has 116 valence electrons. The maximum atomic E-state index is 11.9. The summed E-state index contributed by atoms with van der Waals surface area (Å²) in [6, 6.07) is 3.81. The Morgan fingerprint density at radius 1 is 1.29 bits per heavy atom. The van der Waals surface area contributed by atoms with Gasteiger partial charge in [0, 0.05) is 6.54 Å². The summed E-state index contributed by atoms with van der Waals surface area (Å²) in [7, 11) is 0. The highest BCUT2D eigenvalue weighted by molar-refractivity contribution is 5.82. The number of hydrogen-bond acceptors (Lipinski definition) is 4. The van der Waals surface area contributed by atoms with Crippen LogP contribution >= 0.6 is 0 Å². The molecule has 4 N–H and O–H groups in total. The highest BCUT2D eigenvalue weighted by atomic mass is 16.3. The number of allylic oxidation sites excluding steroid dienone is 1. The third-order valence-electron chi connectivity index (χ3n) is 3.27. The molecule has 1 aromatic rings. The standard InChI is InChI=1S/C16H23NO4/c1-3-5-6-11(4-2)10-17-16(21)15(20)12-7-8-13(18)14(19)9-12/h5-9,11,15,18-20H,3-4,10H2,1-2H3,(H,17,21)/b6-5+. The van der Waals surface area contributed by atoms with Crippen molar-refractivity contribution >= 4 is 5.91 Å². The molecule has 0 spiro atoms. The third-order valence-corrected chi connectivity index (χ3v) is 3.27. The second kappa shape index (κ2) is 8.32. The van der Waals surface area contributed by atoms with E-state index in [2.05, 4.69) is 17.5 Å². The Labute approximate surface area is 124 Å². The van der Waals surface area contributed by atoms with E-state index in [9.17, 15) is 20.1 Å². The molecule has 0 aliphatic rings. The van der Waals surface area contributed by atoms with Crippen molar-refractivity contribution in [2.24, 2.45) is 5.92 Å². The number of phenols is 2. The van der Waals surface area contributed by atoms with Gasteiger partial charge in [-0.05, 0) is 36.5 Å². The van der Waals surface area contributed by atoms with Crippen molar-refractivity contribution in [1.82, 2.24) is 5.32 Å². The molecule has 0 bridgehead atoms. The normalized spacial score (nSPS) is 14.0. The van der Waals surface area contributed by atoms with E-state index in [1.54, 1.807) is 0 Å². The third kappa shape index (κ3) is 5.11. The molecule has 0 fully saturated rings. The van der Waals surface area contributed by atoms with Gasteiger partial charge < -0.3 is 20.6 Å². The molecule has 0 heterocycles. The van der Waals surface area contributed by atoms with Crippen molar-refractivity contribution < 1.29 is 20.1 Å². The second-order valence-corrected chi connectivity index (χ2v) is 4.90. The summed E-state index contributed by atoms with van der Waals surface area (Å²) < 4.78 is 0. The zero-order valence-electron chi connectivity index (χ0n) is 12.4. The van der Waals surface area contributed by atoms with Gasteiger partial charge >= 0.3 is 0 Å². The lowest BCUT2D eigenvalue weighted by Gasteiger charge is -2.15. The van der Waals surface area contributed by atoms with Gasteiger partial charge in [-0.3, -0.25) is 4.79 Å². The van der Waals surface area contributed by atoms with Crippen molar-refractivity contribution in [2.45, 2.75) is 32.8 Å².